The first kappa shape index (κ1) is 17.5. The van der Waals surface area contributed by atoms with Crippen LogP contribution in [-0.2, 0) is 20.7 Å². The fourth-order valence-electron chi connectivity index (χ4n) is 3.56. The molecule has 1 fully saturated rings. The van der Waals surface area contributed by atoms with Crippen molar-refractivity contribution in [2.24, 2.45) is 5.73 Å². The average molecular weight is 335 g/mol. The minimum Gasteiger partial charge on any atom is -0.389 e. The zero-order chi connectivity index (χ0) is 17.5. The number of ether oxygens (including phenoxy) is 2. The van der Waals surface area contributed by atoms with Crippen LogP contribution in [0.5, 0.6) is 0 Å². The van der Waals surface area contributed by atoms with Crippen molar-refractivity contribution in [3.8, 4) is 0 Å². The van der Waals surface area contributed by atoms with Crippen molar-refractivity contribution in [2.45, 2.75) is 69.4 Å². The summed E-state index contributed by atoms with van der Waals surface area (Å²) in [6.07, 6.45) is -1.34. The van der Waals surface area contributed by atoms with Gasteiger partial charge in [0.25, 0.3) is 0 Å². The van der Waals surface area contributed by atoms with E-state index in [1.54, 1.807) is 6.92 Å². The molecule has 6 atom stereocenters. The van der Waals surface area contributed by atoms with E-state index in [9.17, 15) is 15.0 Å². The Labute approximate surface area is 141 Å². The summed E-state index contributed by atoms with van der Waals surface area (Å²) in [5.41, 5.74) is 6.38. The lowest BCUT2D eigenvalue weighted by molar-refractivity contribution is -0.247. The molecule has 0 spiro atoms. The normalized spacial score (nSPS) is 39.3. The Morgan fingerprint density at radius 2 is 2.12 bits per heavy atom. The lowest BCUT2D eigenvalue weighted by Crippen LogP contribution is -2.52. The summed E-state index contributed by atoms with van der Waals surface area (Å²) in [5, 5.41) is 20.6. The van der Waals surface area contributed by atoms with Crippen LogP contribution >= 0.6 is 0 Å². The number of aliphatic hydroxyl groups is 2. The number of aliphatic hydroxyl groups excluding tert-OH is 1. The van der Waals surface area contributed by atoms with Gasteiger partial charge in [0.1, 0.15) is 5.60 Å². The molecule has 6 nitrogen and oxygen atoms in total. The Morgan fingerprint density at radius 1 is 1.42 bits per heavy atom. The highest BCUT2D eigenvalue weighted by Gasteiger charge is 2.43. The molecule has 0 radical (unpaired) electrons. The number of carbonyl (C=O) groups excluding carboxylic acids is 1. The average Bonchev–Trinajstić information content (AvgIpc) is 2.52. The largest absolute Gasteiger partial charge is 0.389 e. The summed E-state index contributed by atoms with van der Waals surface area (Å²) < 4.78 is 11.8. The third-order valence-electron chi connectivity index (χ3n) is 5.13. The molecule has 2 aliphatic rings. The number of ketones is 1. The second kappa shape index (κ2) is 6.54. The quantitative estimate of drug-likeness (QED) is 0.756. The van der Waals surface area contributed by atoms with Crippen molar-refractivity contribution in [2.75, 3.05) is 0 Å². The number of hydrogen-bond acceptors (Lipinski definition) is 6. The molecule has 1 saturated heterocycles. The first-order valence-electron chi connectivity index (χ1n) is 8.36. The molecule has 0 saturated carbocycles. The van der Waals surface area contributed by atoms with Crippen LogP contribution in [0.2, 0.25) is 0 Å². The van der Waals surface area contributed by atoms with Gasteiger partial charge in [-0.25, -0.2) is 0 Å². The molecule has 4 N–H and O–H groups in total. The Bertz CT molecular complexity index is 609. The van der Waals surface area contributed by atoms with Crippen LogP contribution in [0.4, 0.5) is 0 Å². The zero-order valence-electron chi connectivity index (χ0n) is 14.0. The summed E-state index contributed by atoms with van der Waals surface area (Å²) in [5.74, 6) is -0.268. The molecule has 1 aliphatic carbocycles. The predicted octanol–water partition coefficient (Wildman–Crippen LogP) is 0.834. The molecule has 24 heavy (non-hydrogen) atoms. The Kier molecular flexibility index (Phi) is 4.77. The van der Waals surface area contributed by atoms with E-state index in [-0.39, 0.29) is 12.2 Å². The SMILES string of the molecule is CC(=O)[C@]1(O)Cc2ccccc2[C@@H](O[C@H]2C[C@H](N)[C@@H](O)[C@H](C)O2)C1. The van der Waals surface area contributed by atoms with Crippen molar-refractivity contribution in [1.29, 1.82) is 0 Å². The van der Waals surface area contributed by atoms with Gasteiger partial charge in [-0.15, -0.1) is 0 Å². The van der Waals surface area contributed by atoms with Crippen LogP contribution in [0.15, 0.2) is 24.3 Å². The summed E-state index contributed by atoms with van der Waals surface area (Å²) in [6.45, 7) is 3.15. The molecular formula is C18H25NO5. The van der Waals surface area contributed by atoms with Crippen LogP contribution in [0.25, 0.3) is 0 Å². The van der Waals surface area contributed by atoms with Gasteiger partial charge in [0.2, 0.25) is 0 Å². The van der Waals surface area contributed by atoms with Crippen molar-refractivity contribution >= 4 is 5.78 Å². The van der Waals surface area contributed by atoms with Crippen LogP contribution < -0.4 is 5.73 Å². The van der Waals surface area contributed by atoms with Gasteiger partial charge in [-0.3, -0.25) is 4.79 Å². The van der Waals surface area contributed by atoms with Gasteiger partial charge in [-0.05, 0) is 25.0 Å². The summed E-state index contributed by atoms with van der Waals surface area (Å²) >= 11 is 0. The van der Waals surface area contributed by atoms with Crippen LogP contribution in [0.1, 0.15) is 43.9 Å². The predicted molar refractivity (Wildman–Crippen MR) is 87.2 cm³/mol. The van der Waals surface area contributed by atoms with E-state index in [1.165, 1.54) is 6.92 Å². The molecule has 1 aromatic rings. The van der Waals surface area contributed by atoms with E-state index in [2.05, 4.69) is 0 Å². The third kappa shape index (κ3) is 3.25. The van der Waals surface area contributed by atoms with E-state index in [0.717, 1.165) is 11.1 Å². The second-order valence-electron chi connectivity index (χ2n) is 6.95. The maximum Gasteiger partial charge on any atom is 0.161 e. The number of Topliss-reactive ketones (excluding diaryl/α,β-unsaturated/α-hetero) is 1. The second-order valence-corrected chi connectivity index (χ2v) is 6.95. The molecule has 6 heteroatoms. The number of hydrogen-bond donors (Lipinski definition) is 3. The van der Waals surface area contributed by atoms with E-state index in [0.29, 0.717) is 12.8 Å². The number of fused-ring (bicyclic) bond motifs is 1. The van der Waals surface area contributed by atoms with Crippen LogP contribution in [-0.4, -0.2) is 46.1 Å². The van der Waals surface area contributed by atoms with Gasteiger partial charge in [0, 0.05) is 25.3 Å². The van der Waals surface area contributed by atoms with E-state index in [1.807, 2.05) is 24.3 Å². The fraction of sp³-hybridized carbons (Fsp3) is 0.611. The molecule has 0 unspecified atom stereocenters. The Morgan fingerprint density at radius 3 is 2.79 bits per heavy atom. The minimum atomic E-state index is -1.43. The van der Waals surface area contributed by atoms with Crippen LogP contribution in [0, 0.1) is 0 Å². The lowest BCUT2D eigenvalue weighted by atomic mass is 9.77. The molecule has 0 amide bonds. The van der Waals surface area contributed by atoms with E-state index < -0.39 is 36.2 Å². The van der Waals surface area contributed by atoms with E-state index >= 15 is 0 Å². The fourth-order valence-corrected chi connectivity index (χ4v) is 3.56. The molecule has 1 heterocycles. The lowest BCUT2D eigenvalue weighted by Gasteiger charge is -2.41. The first-order valence-corrected chi connectivity index (χ1v) is 8.36. The monoisotopic (exact) mass is 335 g/mol. The molecule has 0 bridgehead atoms. The van der Waals surface area contributed by atoms with Gasteiger partial charge in [-0.2, -0.15) is 0 Å². The van der Waals surface area contributed by atoms with Crippen molar-refractivity contribution in [3.05, 3.63) is 35.4 Å². The number of carbonyl (C=O) groups is 1. The number of nitrogens with two attached hydrogens (primary N) is 1. The van der Waals surface area contributed by atoms with Gasteiger partial charge in [0.15, 0.2) is 12.1 Å². The van der Waals surface area contributed by atoms with Crippen molar-refractivity contribution in [3.63, 3.8) is 0 Å². The number of benzene rings is 1. The highest BCUT2D eigenvalue weighted by molar-refractivity contribution is 5.85. The molecule has 132 valence electrons. The molecule has 3 rings (SSSR count). The summed E-state index contributed by atoms with van der Waals surface area (Å²) in [4.78, 5) is 11.9. The number of rotatable bonds is 3. The molecular weight excluding hydrogens is 310 g/mol. The maximum atomic E-state index is 11.9. The van der Waals surface area contributed by atoms with Gasteiger partial charge < -0.3 is 25.4 Å². The van der Waals surface area contributed by atoms with Crippen molar-refractivity contribution < 1.29 is 24.5 Å². The third-order valence-corrected chi connectivity index (χ3v) is 5.13. The van der Waals surface area contributed by atoms with E-state index in [4.69, 9.17) is 15.2 Å². The first-order chi connectivity index (χ1) is 11.3. The topological polar surface area (TPSA) is 102 Å². The standard InChI is InChI=1S/C18H25NO5/c1-10-17(21)14(19)7-16(23-10)24-15-9-18(22,11(2)20)8-12-5-3-4-6-13(12)15/h3-6,10,14-17,21-22H,7-9,19H2,1-2H3/t10-,14-,15-,16-,17-,18-/m0/s1. The molecule has 1 aliphatic heterocycles. The summed E-state index contributed by atoms with van der Waals surface area (Å²) in [6, 6.07) is 7.21. The highest BCUT2D eigenvalue weighted by atomic mass is 16.7. The maximum absolute atomic E-state index is 11.9. The van der Waals surface area contributed by atoms with Crippen LogP contribution in [0.3, 0.4) is 0 Å². The van der Waals surface area contributed by atoms with Crippen molar-refractivity contribution in [1.82, 2.24) is 0 Å². The zero-order valence-corrected chi connectivity index (χ0v) is 14.0. The minimum absolute atomic E-state index is 0.186. The Balaban J connectivity index is 1.83. The van der Waals surface area contributed by atoms with Gasteiger partial charge in [0.05, 0.1) is 18.3 Å². The molecule has 1 aromatic carbocycles. The van der Waals surface area contributed by atoms with Gasteiger partial charge in [-0.1, -0.05) is 24.3 Å². The Hall–Kier alpha value is -1.31. The van der Waals surface area contributed by atoms with Gasteiger partial charge >= 0.3 is 0 Å². The smallest absolute Gasteiger partial charge is 0.161 e. The summed E-state index contributed by atoms with van der Waals surface area (Å²) in [7, 11) is 0. The molecule has 0 aromatic heterocycles. The highest BCUT2D eigenvalue weighted by Crippen LogP contribution is 2.40.